The smallest absolute Gasteiger partial charge is 0.328 e. The first-order valence-corrected chi connectivity index (χ1v) is 10.6. The molecule has 0 atom stereocenters. The van der Waals surface area contributed by atoms with Gasteiger partial charge in [0.25, 0.3) is 5.89 Å². The molecule has 0 bridgehead atoms. The second-order valence-corrected chi connectivity index (χ2v) is 8.37. The molecule has 1 aliphatic carbocycles. The molecule has 9 heteroatoms. The van der Waals surface area contributed by atoms with Crippen LogP contribution >= 0.6 is 0 Å². The van der Waals surface area contributed by atoms with Crippen LogP contribution in [0.3, 0.4) is 0 Å². The van der Waals surface area contributed by atoms with Crippen molar-refractivity contribution in [3.05, 3.63) is 47.0 Å². The van der Waals surface area contributed by atoms with Crippen LogP contribution in [0, 0.1) is 5.92 Å². The first-order valence-electron chi connectivity index (χ1n) is 10.6. The third-order valence-corrected chi connectivity index (χ3v) is 6.38. The molecule has 162 valence electrons. The van der Waals surface area contributed by atoms with E-state index in [0.29, 0.717) is 24.2 Å². The molecule has 3 aromatic heterocycles. The van der Waals surface area contributed by atoms with Gasteiger partial charge in [0.15, 0.2) is 0 Å². The first kappa shape index (κ1) is 19.6. The number of benzene rings is 1. The molecule has 31 heavy (non-hydrogen) atoms. The standard InChI is InChI=1S/C22H26N6O3/c1-26-13-16(11-23-26)21-25-24-20(31-21)15-6-4-14(5-7-15)12-28-19-10-17(30-3)8-9-18(19)27(2)22(28)29/h8-11,13-15H,4-7,12H2,1-3H3. The van der Waals surface area contributed by atoms with Gasteiger partial charge in [-0.25, -0.2) is 4.79 Å². The summed E-state index contributed by atoms with van der Waals surface area (Å²) in [4.78, 5) is 12.8. The number of hydrogen-bond acceptors (Lipinski definition) is 6. The summed E-state index contributed by atoms with van der Waals surface area (Å²) in [5.74, 6) is 2.67. The Balaban J connectivity index is 1.29. The summed E-state index contributed by atoms with van der Waals surface area (Å²) in [6.07, 6.45) is 7.57. The van der Waals surface area contributed by atoms with Gasteiger partial charge in [0.05, 0.1) is 29.9 Å². The van der Waals surface area contributed by atoms with Crippen LogP contribution in [0.15, 0.2) is 39.8 Å². The fourth-order valence-electron chi connectivity index (χ4n) is 4.59. The molecule has 1 saturated carbocycles. The zero-order valence-corrected chi connectivity index (χ0v) is 18.0. The Bertz CT molecular complexity index is 1270. The predicted octanol–water partition coefficient (Wildman–Crippen LogP) is 3.11. The highest BCUT2D eigenvalue weighted by Gasteiger charge is 2.28. The Morgan fingerprint density at radius 1 is 1.13 bits per heavy atom. The average Bonchev–Trinajstić information content (AvgIpc) is 3.50. The van der Waals surface area contributed by atoms with Crippen LogP contribution in [0.5, 0.6) is 5.75 Å². The minimum atomic E-state index is 0.0170. The number of aromatic nitrogens is 6. The van der Waals surface area contributed by atoms with Crippen LogP contribution in [0.25, 0.3) is 22.5 Å². The summed E-state index contributed by atoms with van der Waals surface area (Å²) in [7, 11) is 5.32. The lowest BCUT2D eigenvalue weighted by atomic mass is 9.82. The van der Waals surface area contributed by atoms with Crippen molar-refractivity contribution in [3.8, 4) is 17.2 Å². The van der Waals surface area contributed by atoms with Crippen LogP contribution < -0.4 is 10.4 Å². The number of ether oxygens (including phenoxy) is 1. The van der Waals surface area contributed by atoms with Gasteiger partial charge in [-0.3, -0.25) is 13.8 Å². The van der Waals surface area contributed by atoms with Crippen molar-refractivity contribution in [2.75, 3.05) is 7.11 Å². The van der Waals surface area contributed by atoms with Gasteiger partial charge in [-0.05, 0) is 43.7 Å². The highest BCUT2D eigenvalue weighted by atomic mass is 16.5. The summed E-state index contributed by atoms with van der Waals surface area (Å²) in [6.45, 7) is 0.709. The van der Waals surface area contributed by atoms with Crippen molar-refractivity contribution in [1.29, 1.82) is 0 Å². The van der Waals surface area contributed by atoms with E-state index in [-0.39, 0.29) is 11.6 Å². The lowest BCUT2D eigenvalue weighted by Crippen LogP contribution is -2.27. The SMILES string of the molecule is COc1ccc2c(c1)n(CC1CCC(c3nnc(-c4cnn(C)c4)o3)CC1)c(=O)n2C. The highest BCUT2D eigenvalue weighted by molar-refractivity contribution is 5.77. The molecule has 0 unspecified atom stereocenters. The van der Waals surface area contributed by atoms with Gasteiger partial charge in [-0.1, -0.05) is 0 Å². The second-order valence-electron chi connectivity index (χ2n) is 8.37. The van der Waals surface area contributed by atoms with Crippen LogP contribution in [0.4, 0.5) is 0 Å². The predicted molar refractivity (Wildman–Crippen MR) is 115 cm³/mol. The summed E-state index contributed by atoms with van der Waals surface area (Å²) in [5.41, 5.74) is 2.70. The van der Waals surface area contributed by atoms with Crippen molar-refractivity contribution in [2.24, 2.45) is 20.0 Å². The van der Waals surface area contributed by atoms with Crippen molar-refractivity contribution in [3.63, 3.8) is 0 Å². The van der Waals surface area contributed by atoms with E-state index in [1.807, 2.05) is 43.1 Å². The quantitative estimate of drug-likeness (QED) is 0.491. The van der Waals surface area contributed by atoms with Crippen LogP contribution in [-0.2, 0) is 20.6 Å². The number of aryl methyl sites for hydroxylation is 2. The summed E-state index contributed by atoms with van der Waals surface area (Å²) in [5, 5.41) is 12.6. The zero-order chi connectivity index (χ0) is 21.5. The Labute approximate surface area is 179 Å². The third-order valence-electron chi connectivity index (χ3n) is 6.38. The molecule has 0 amide bonds. The average molecular weight is 422 g/mol. The largest absolute Gasteiger partial charge is 0.497 e. The monoisotopic (exact) mass is 422 g/mol. The summed E-state index contributed by atoms with van der Waals surface area (Å²) < 4.78 is 16.6. The maximum atomic E-state index is 12.8. The molecule has 1 aliphatic rings. The third kappa shape index (κ3) is 3.54. The Morgan fingerprint density at radius 3 is 2.65 bits per heavy atom. The fraction of sp³-hybridized carbons (Fsp3) is 0.455. The first-order chi connectivity index (χ1) is 15.0. The van der Waals surface area contributed by atoms with E-state index in [2.05, 4.69) is 15.3 Å². The lowest BCUT2D eigenvalue weighted by Gasteiger charge is -2.26. The number of methoxy groups -OCH3 is 1. The van der Waals surface area contributed by atoms with E-state index in [1.165, 1.54) is 0 Å². The molecule has 4 aromatic rings. The van der Waals surface area contributed by atoms with Gasteiger partial charge in [-0.2, -0.15) is 5.10 Å². The van der Waals surface area contributed by atoms with Gasteiger partial charge < -0.3 is 9.15 Å². The van der Waals surface area contributed by atoms with Crippen LogP contribution in [0.1, 0.15) is 37.5 Å². The van der Waals surface area contributed by atoms with E-state index >= 15 is 0 Å². The van der Waals surface area contributed by atoms with Gasteiger partial charge in [0, 0.05) is 38.8 Å². The minimum Gasteiger partial charge on any atom is -0.497 e. The van der Waals surface area contributed by atoms with E-state index in [0.717, 1.165) is 48.0 Å². The van der Waals surface area contributed by atoms with Crippen molar-refractivity contribution in [2.45, 2.75) is 38.1 Å². The van der Waals surface area contributed by atoms with E-state index < -0.39 is 0 Å². The molecule has 5 rings (SSSR count). The van der Waals surface area contributed by atoms with Crippen molar-refractivity contribution >= 4 is 11.0 Å². The molecular weight excluding hydrogens is 396 g/mol. The van der Waals surface area contributed by atoms with E-state index in [9.17, 15) is 4.79 Å². The molecule has 0 saturated heterocycles. The van der Waals surface area contributed by atoms with Gasteiger partial charge in [0.1, 0.15) is 5.75 Å². The number of hydrogen-bond donors (Lipinski definition) is 0. The molecule has 9 nitrogen and oxygen atoms in total. The van der Waals surface area contributed by atoms with Gasteiger partial charge >= 0.3 is 5.69 Å². The topological polar surface area (TPSA) is 92.9 Å². The van der Waals surface area contributed by atoms with Crippen molar-refractivity contribution in [1.82, 2.24) is 29.1 Å². The molecule has 0 spiro atoms. The molecule has 0 aliphatic heterocycles. The summed E-state index contributed by atoms with van der Waals surface area (Å²) >= 11 is 0. The Hall–Kier alpha value is -3.36. The van der Waals surface area contributed by atoms with Crippen molar-refractivity contribution < 1.29 is 9.15 Å². The normalized spacial score (nSPS) is 19.2. The maximum absolute atomic E-state index is 12.8. The molecule has 1 aromatic carbocycles. The number of nitrogens with zero attached hydrogens (tertiary/aromatic N) is 6. The molecular formula is C22H26N6O3. The minimum absolute atomic E-state index is 0.0170. The number of rotatable bonds is 5. The van der Waals surface area contributed by atoms with Gasteiger partial charge in [-0.15, -0.1) is 10.2 Å². The fourth-order valence-corrected chi connectivity index (χ4v) is 4.59. The van der Waals surface area contributed by atoms with Crippen LogP contribution in [-0.4, -0.2) is 36.2 Å². The highest BCUT2D eigenvalue weighted by Crippen LogP contribution is 2.37. The molecule has 1 fully saturated rings. The summed E-state index contributed by atoms with van der Waals surface area (Å²) in [6, 6.07) is 5.78. The molecule has 0 radical (unpaired) electrons. The number of fused-ring (bicyclic) bond motifs is 1. The maximum Gasteiger partial charge on any atom is 0.328 e. The van der Waals surface area contributed by atoms with E-state index in [4.69, 9.17) is 9.15 Å². The number of imidazole rings is 1. The van der Waals surface area contributed by atoms with Crippen LogP contribution in [0.2, 0.25) is 0 Å². The Kier molecular flexibility index (Phi) is 4.88. The Morgan fingerprint density at radius 2 is 1.94 bits per heavy atom. The van der Waals surface area contributed by atoms with Gasteiger partial charge in [0.2, 0.25) is 5.89 Å². The molecule has 3 heterocycles. The zero-order valence-electron chi connectivity index (χ0n) is 18.0. The lowest BCUT2D eigenvalue weighted by molar-refractivity contribution is 0.270. The molecule has 0 N–H and O–H groups in total. The van der Waals surface area contributed by atoms with E-state index in [1.54, 1.807) is 22.6 Å². The second kappa shape index (κ2) is 7.72.